The minimum absolute atomic E-state index is 0.157. The monoisotopic (exact) mass is 268 g/mol. The molecule has 1 aromatic heterocycles. The SMILES string of the molecule is COC(=O)C1(NCc2cccs2)CC(C)N(C)C1. The van der Waals surface area contributed by atoms with E-state index in [1.54, 1.807) is 11.3 Å². The van der Waals surface area contributed by atoms with Crippen LogP contribution >= 0.6 is 11.3 Å². The fourth-order valence-corrected chi connectivity index (χ4v) is 3.16. The van der Waals surface area contributed by atoms with Crippen LogP contribution in [-0.4, -0.2) is 43.2 Å². The van der Waals surface area contributed by atoms with Crippen LogP contribution in [0.15, 0.2) is 17.5 Å². The number of hydrogen-bond acceptors (Lipinski definition) is 5. The molecule has 2 atom stereocenters. The van der Waals surface area contributed by atoms with Crippen LogP contribution in [0.2, 0.25) is 0 Å². The van der Waals surface area contributed by atoms with Gasteiger partial charge in [0, 0.05) is 24.0 Å². The molecular formula is C13H20N2O2S. The van der Waals surface area contributed by atoms with Crippen molar-refractivity contribution in [3.8, 4) is 0 Å². The summed E-state index contributed by atoms with van der Waals surface area (Å²) in [6, 6.07) is 4.49. The average molecular weight is 268 g/mol. The summed E-state index contributed by atoms with van der Waals surface area (Å²) in [7, 11) is 3.50. The van der Waals surface area contributed by atoms with Gasteiger partial charge in [-0.25, -0.2) is 0 Å². The molecule has 0 saturated carbocycles. The number of carbonyl (C=O) groups is 1. The highest BCUT2D eigenvalue weighted by molar-refractivity contribution is 7.09. The molecule has 1 aliphatic rings. The molecule has 0 radical (unpaired) electrons. The number of methoxy groups -OCH3 is 1. The smallest absolute Gasteiger partial charge is 0.327 e. The summed E-state index contributed by atoms with van der Waals surface area (Å²) in [5.74, 6) is -0.157. The zero-order valence-corrected chi connectivity index (χ0v) is 11.9. The number of nitrogens with one attached hydrogen (secondary N) is 1. The van der Waals surface area contributed by atoms with E-state index in [2.05, 4.69) is 23.2 Å². The van der Waals surface area contributed by atoms with Crippen LogP contribution in [0.1, 0.15) is 18.2 Å². The number of esters is 1. The summed E-state index contributed by atoms with van der Waals surface area (Å²) in [6.07, 6.45) is 0.793. The normalized spacial score (nSPS) is 28.5. The number of rotatable bonds is 4. The van der Waals surface area contributed by atoms with Gasteiger partial charge >= 0.3 is 5.97 Å². The average Bonchev–Trinajstić information content (AvgIpc) is 2.96. The largest absolute Gasteiger partial charge is 0.468 e. The fourth-order valence-electron chi connectivity index (χ4n) is 2.52. The van der Waals surface area contributed by atoms with Gasteiger partial charge in [0.2, 0.25) is 0 Å². The first-order valence-electron chi connectivity index (χ1n) is 6.13. The number of thiophene rings is 1. The summed E-state index contributed by atoms with van der Waals surface area (Å²) in [5.41, 5.74) is -0.563. The van der Waals surface area contributed by atoms with Crippen LogP contribution in [0.25, 0.3) is 0 Å². The van der Waals surface area contributed by atoms with E-state index in [0.29, 0.717) is 19.1 Å². The first-order chi connectivity index (χ1) is 8.57. The third kappa shape index (κ3) is 2.58. The van der Waals surface area contributed by atoms with E-state index < -0.39 is 5.54 Å². The van der Waals surface area contributed by atoms with Crippen molar-refractivity contribution in [3.63, 3.8) is 0 Å². The molecule has 1 saturated heterocycles. The van der Waals surface area contributed by atoms with Gasteiger partial charge in [0.15, 0.2) is 0 Å². The maximum Gasteiger partial charge on any atom is 0.327 e. The molecule has 0 bridgehead atoms. The van der Waals surface area contributed by atoms with Gasteiger partial charge in [-0.05, 0) is 31.8 Å². The summed E-state index contributed by atoms with van der Waals surface area (Å²) in [4.78, 5) is 15.5. The Morgan fingerprint density at radius 1 is 1.72 bits per heavy atom. The van der Waals surface area contributed by atoms with Crippen molar-refractivity contribution in [1.82, 2.24) is 10.2 Å². The first kappa shape index (κ1) is 13.5. The molecule has 0 spiro atoms. The van der Waals surface area contributed by atoms with Gasteiger partial charge in [0.25, 0.3) is 0 Å². The predicted octanol–water partition coefficient (Wildman–Crippen LogP) is 1.47. The maximum absolute atomic E-state index is 12.1. The number of nitrogens with zero attached hydrogens (tertiary/aromatic N) is 1. The standard InChI is InChI=1S/C13H20N2O2S/c1-10-7-13(9-15(10)2,12(16)17-3)14-8-11-5-4-6-18-11/h4-6,10,14H,7-9H2,1-3H3. The molecule has 100 valence electrons. The van der Waals surface area contributed by atoms with Gasteiger partial charge in [0.05, 0.1) is 7.11 Å². The third-order valence-corrected chi connectivity index (χ3v) is 4.55. The summed E-state index contributed by atoms with van der Waals surface area (Å²) < 4.78 is 4.98. The number of hydrogen-bond donors (Lipinski definition) is 1. The molecule has 0 aliphatic carbocycles. The zero-order chi connectivity index (χ0) is 13.2. The second-order valence-corrected chi connectivity index (χ2v) is 6.01. The van der Waals surface area contributed by atoms with Gasteiger partial charge in [-0.1, -0.05) is 6.07 Å². The predicted molar refractivity (Wildman–Crippen MR) is 72.6 cm³/mol. The van der Waals surface area contributed by atoms with Crippen LogP contribution < -0.4 is 5.32 Å². The van der Waals surface area contributed by atoms with E-state index in [1.165, 1.54) is 12.0 Å². The van der Waals surface area contributed by atoms with Gasteiger partial charge in [-0.2, -0.15) is 0 Å². The molecule has 5 heteroatoms. The second-order valence-electron chi connectivity index (χ2n) is 4.97. The van der Waals surface area contributed by atoms with Crippen molar-refractivity contribution in [2.24, 2.45) is 0 Å². The van der Waals surface area contributed by atoms with E-state index >= 15 is 0 Å². The van der Waals surface area contributed by atoms with Crippen LogP contribution in [0.3, 0.4) is 0 Å². The number of carbonyl (C=O) groups excluding carboxylic acids is 1. The molecule has 1 fully saturated rings. The van der Waals surface area contributed by atoms with E-state index in [-0.39, 0.29) is 5.97 Å². The van der Waals surface area contributed by atoms with Gasteiger partial charge in [-0.15, -0.1) is 11.3 Å². The molecule has 1 N–H and O–H groups in total. The Kier molecular flexibility index (Phi) is 4.04. The van der Waals surface area contributed by atoms with Crippen molar-refractivity contribution in [2.75, 3.05) is 20.7 Å². The minimum atomic E-state index is -0.563. The lowest BCUT2D eigenvalue weighted by molar-refractivity contribution is -0.148. The molecule has 1 aromatic rings. The fraction of sp³-hybridized carbons (Fsp3) is 0.615. The van der Waals surface area contributed by atoms with E-state index in [4.69, 9.17) is 4.74 Å². The lowest BCUT2D eigenvalue weighted by atomic mass is 9.96. The molecule has 2 unspecified atom stereocenters. The lowest BCUT2D eigenvalue weighted by Gasteiger charge is -2.27. The van der Waals surface area contributed by atoms with Crippen LogP contribution in [0.5, 0.6) is 0 Å². The van der Waals surface area contributed by atoms with Gasteiger partial charge < -0.3 is 9.64 Å². The molecular weight excluding hydrogens is 248 g/mol. The first-order valence-corrected chi connectivity index (χ1v) is 7.01. The second kappa shape index (κ2) is 5.38. The Morgan fingerprint density at radius 3 is 3.00 bits per heavy atom. The lowest BCUT2D eigenvalue weighted by Crippen LogP contribution is -2.54. The van der Waals surface area contributed by atoms with E-state index in [1.807, 2.05) is 18.5 Å². The molecule has 0 amide bonds. The number of ether oxygens (including phenoxy) is 1. The van der Waals surface area contributed by atoms with E-state index in [9.17, 15) is 4.79 Å². The van der Waals surface area contributed by atoms with Crippen molar-refractivity contribution in [1.29, 1.82) is 0 Å². The van der Waals surface area contributed by atoms with Crippen molar-refractivity contribution in [3.05, 3.63) is 22.4 Å². The number of likely N-dealkylation sites (tertiary alicyclic amines) is 1. The van der Waals surface area contributed by atoms with Crippen molar-refractivity contribution in [2.45, 2.75) is 31.5 Å². The summed E-state index contributed by atoms with van der Waals surface area (Å²) in [5, 5.41) is 5.45. The summed E-state index contributed by atoms with van der Waals surface area (Å²) >= 11 is 1.70. The molecule has 18 heavy (non-hydrogen) atoms. The molecule has 0 aromatic carbocycles. The Labute approximate surface area is 112 Å². The topological polar surface area (TPSA) is 41.6 Å². The van der Waals surface area contributed by atoms with Crippen molar-refractivity contribution >= 4 is 17.3 Å². The highest BCUT2D eigenvalue weighted by Crippen LogP contribution is 2.27. The van der Waals surface area contributed by atoms with Crippen LogP contribution in [0, 0.1) is 0 Å². The highest BCUT2D eigenvalue weighted by Gasteiger charge is 2.47. The zero-order valence-electron chi connectivity index (χ0n) is 11.1. The Bertz CT molecular complexity index is 395. The molecule has 2 rings (SSSR count). The Morgan fingerprint density at radius 2 is 2.50 bits per heavy atom. The van der Waals surface area contributed by atoms with Crippen LogP contribution in [0.4, 0.5) is 0 Å². The van der Waals surface area contributed by atoms with Crippen LogP contribution in [-0.2, 0) is 16.1 Å². The van der Waals surface area contributed by atoms with Gasteiger partial charge in [0.1, 0.15) is 5.54 Å². The maximum atomic E-state index is 12.1. The van der Waals surface area contributed by atoms with Crippen molar-refractivity contribution < 1.29 is 9.53 Å². The number of likely N-dealkylation sites (N-methyl/N-ethyl adjacent to an activating group) is 1. The summed E-state index contributed by atoms with van der Waals surface area (Å²) in [6.45, 7) is 3.55. The van der Waals surface area contributed by atoms with Gasteiger partial charge in [-0.3, -0.25) is 10.1 Å². The molecule has 1 aliphatic heterocycles. The van der Waals surface area contributed by atoms with E-state index in [0.717, 1.165) is 6.42 Å². The minimum Gasteiger partial charge on any atom is -0.468 e. The molecule has 2 heterocycles. The highest BCUT2D eigenvalue weighted by atomic mass is 32.1. The molecule has 4 nitrogen and oxygen atoms in total. The Hall–Kier alpha value is -0.910. The Balaban J connectivity index is 2.09. The third-order valence-electron chi connectivity index (χ3n) is 3.67. The quantitative estimate of drug-likeness (QED) is 0.840.